The minimum absolute atomic E-state index is 0.171. The molecule has 1 radical (unpaired) electrons. The molecule has 0 aliphatic rings. The first-order valence-corrected chi connectivity index (χ1v) is 5.77. The molecule has 4 rings (SSSR count). The van der Waals surface area contributed by atoms with Gasteiger partial charge in [-0.3, -0.25) is 9.59 Å². The molecule has 97 valence electrons. The van der Waals surface area contributed by atoms with E-state index >= 15 is 0 Å². The third-order valence-electron chi connectivity index (χ3n) is 3.11. The summed E-state index contributed by atoms with van der Waals surface area (Å²) in [6.45, 7) is 0. The molecule has 2 N–H and O–H groups in total. The van der Waals surface area contributed by atoms with Crippen LogP contribution in [0.15, 0.2) is 40.4 Å². The van der Waals surface area contributed by atoms with E-state index in [-0.39, 0.29) is 11.0 Å². The van der Waals surface area contributed by atoms with Gasteiger partial charge in [0.05, 0.1) is 23.3 Å². The molecule has 0 aliphatic carbocycles. The summed E-state index contributed by atoms with van der Waals surface area (Å²) < 4.78 is 2.78. The largest absolute Gasteiger partial charge is 0.329 e. The zero-order valence-electron chi connectivity index (χ0n) is 9.99. The standard InChI is InChI=1S/C12H7N6O2/c19-10-3-7-4-14-16-17(7)5-9(10)8-1-2-11(20)18-12(8)13-6-15-18/h1,3-6,16H,(H,13,15). The van der Waals surface area contributed by atoms with Crippen molar-refractivity contribution in [2.45, 2.75) is 0 Å². The fourth-order valence-corrected chi connectivity index (χ4v) is 2.18. The number of hydrogen-bond donors (Lipinski definition) is 2. The van der Waals surface area contributed by atoms with Gasteiger partial charge >= 0.3 is 0 Å². The molecule has 4 aromatic rings. The minimum atomic E-state index is -0.382. The van der Waals surface area contributed by atoms with Crippen molar-refractivity contribution in [3.05, 3.63) is 57.5 Å². The molecule has 0 saturated heterocycles. The van der Waals surface area contributed by atoms with Gasteiger partial charge in [0, 0.05) is 17.8 Å². The van der Waals surface area contributed by atoms with Gasteiger partial charge in [-0.05, 0) is 6.07 Å². The summed E-state index contributed by atoms with van der Waals surface area (Å²) in [6, 6.07) is 5.50. The minimum Gasteiger partial charge on any atom is -0.329 e. The monoisotopic (exact) mass is 267 g/mol. The number of fused-ring (bicyclic) bond motifs is 2. The van der Waals surface area contributed by atoms with E-state index in [1.54, 1.807) is 16.9 Å². The van der Waals surface area contributed by atoms with Crippen molar-refractivity contribution in [3.63, 3.8) is 0 Å². The van der Waals surface area contributed by atoms with Gasteiger partial charge in [-0.2, -0.15) is 14.7 Å². The zero-order valence-corrected chi connectivity index (χ0v) is 9.99. The van der Waals surface area contributed by atoms with E-state index in [1.165, 1.54) is 18.5 Å². The molecule has 4 heterocycles. The van der Waals surface area contributed by atoms with Crippen LogP contribution in [-0.2, 0) is 0 Å². The lowest BCUT2D eigenvalue weighted by molar-refractivity contribution is 0.855. The highest BCUT2D eigenvalue weighted by atomic mass is 16.1. The van der Waals surface area contributed by atoms with E-state index in [0.717, 1.165) is 4.52 Å². The van der Waals surface area contributed by atoms with E-state index in [4.69, 9.17) is 0 Å². The molecule has 20 heavy (non-hydrogen) atoms. The highest BCUT2D eigenvalue weighted by Gasteiger charge is 2.12. The first kappa shape index (κ1) is 10.7. The fraction of sp³-hybridized carbons (Fsp3) is 0. The Kier molecular flexibility index (Phi) is 1.97. The molecule has 0 aliphatic heterocycles. The highest BCUT2D eigenvalue weighted by Crippen LogP contribution is 2.18. The van der Waals surface area contributed by atoms with Crippen LogP contribution < -0.4 is 11.0 Å². The van der Waals surface area contributed by atoms with Crippen molar-refractivity contribution in [1.29, 1.82) is 0 Å². The van der Waals surface area contributed by atoms with Crippen LogP contribution in [0.3, 0.4) is 0 Å². The second-order valence-corrected chi connectivity index (χ2v) is 4.26. The Labute approximate surface area is 110 Å². The van der Waals surface area contributed by atoms with E-state index in [2.05, 4.69) is 26.5 Å². The van der Waals surface area contributed by atoms with Crippen molar-refractivity contribution in [2.24, 2.45) is 0 Å². The van der Waals surface area contributed by atoms with Crippen molar-refractivity contribution < 1.29 is 0 Å². The Morgan fingerprint density at radius 1 is 1.25 bits per heavy atom. The Morgan fingerprint density at radius 2 is 2.15 bits per heavy atom. The SMILES string of the molecule is O=c1cc2cn[nH]n2cc1-c1c[c]c(=O)n2nc[nH]c12. The molecule has 0 amide bonds. The maximum Gasteiger partial charge on any atom is 0.280 e. The average molecular weight is 267 g/mol. The van der Waals surface area contributed by atoms with Crippen LogP contribution in [0.5, 0.6) is 0 Å². The summed E-state index contributed by atoms with van der Waals surface area (Å²) >= 11 is 0. The third kappa shape index (κ3) is 1.35. The maximum atomic E-state index is 12.2. The van der Waals surface area contributed by atoms with Gasteiger partial charge in [0.25, 0.3) is 5.56 Å². The van der Waals surface area contributed by atoms with Crippen molar-refractivity contribution in [1.82, 2.24) is 29.4 Å². The van der Waals surface area contributed by atoms with Gasteiger partial charge in [-0.1, -0.05) is 0 Å². The number of nitrogens with one attached hydrogen (secondary N) is 2. The average Bonchev–Trinajstić information content (AvgIpc) is 3.07. The fourth-order valence-electron chi connectivity index (χ4n) is 2.18. The van der Waals surface area contributed by atoms with Crippen LogP contribution in [0.25, 0.3) is 22.3 Å². The van der Waals surface area contributed by atoms with Gasteiger partial charge in [0.1, 0.15) is 12.0 Å². The lowest BCUT2D eigenvalue weighted by Crippen LogP contribution is -2.15. The van der Waals surface area contributed by atoms with Crippen LogP contribution in [0.2, 0.25) is 0 Å². The van der Waals surface area contributed by atoms with Crippen LogP contribution in [-0.4, -0.2) is 29.4 Å². The normalized spacial score (nSPS) is 11.4. The molecule has 0 saturated carbocycles. The maximum absolute atomic E-state index is 12.2. The molecule has 0 atom stereocenters. The summed E-state index contributed by atoms with van der Waals surface area (Å²) in [6.07, 6.45) is 4.57. The number of hydrogen-bond acceptors (Lipinski definition) is 4. The third-order valence-corrected chi connectivity index (χ3v) is 3.11. The predicted octanol–water partition coefficient (Wildman–Crippen LogP) is -0.174. The number of pyridine rings is 2. The second-order valence-electron chi connectivity index (χ2n) is 4.26. The molecule has 0 aromatic carbocycles. The molecule has 0 unspecified atom stereocenters. The molecule has 0 fully saturated rings. The molecular formula is C12H7N6O2. The van der Waals surface area contributed by atoms with E-state index in [9.17, 15) is 9.59 Å². The summed E-state index contributed by atoms with van der Waals surface area (Å²) in [5.74, 6) is 0. The van der Waals surface area contributed by atoms with Crippen molar-refractivity contribution >= 4 is 11.2 Å². The van der Waals surface area contributed by atoms with Crippen LogP contribution in [0.4, 0.5) is 0 Å². The summed E-state index contributed by atoms with van der Waals surface area (Å²) in [4.78, 5) is 26.7. The van der Waals surface area contributed by atoms with Gasteiger partial charge in [0.2, 0.25) is 0 Å². The zero-order chi connectivity index (χ0) is 13.7. The summed E-state index contributed by atoms with van der Waals surface area (Å²) in [5, 5.41) is 10.5. The summed E-state index contributed by atoms with van der Waals surface area (Å²) in [7, 11) is 0. The van der Waals surface area contributed by atoms with Crippen LogP contribution in [0.1, 0.15) is 0 Å². The highest BCUT2D eigenvalue weighted by molar-refractivity contribution is 5.77. The van der Waals surface area contributed by atoms with E-state index in [0.29, 0.717) is 22.3 Å². The second kappa shape index (κ2) is 3.67. The lowest BCUT2D eigenvalue weighted by Gasteiger charge is -2.02. The van der Waals surface area contributed by atoms with E-state index < -0.39 is 0 Å². The number of nitrogens with zero attached hydrogens (tertiary/aromatic N) is 4. The lowest BCUT2D eigenvalue weighted by atomic mass is 10.1. The molecule has 0 spiro atoms. The van der Waals surface area contributed by atoms with Crippen LogP contribution >= 0.6 is 0 Å². The smallest absolute Gasteiger partial charge is 0.280 e. The number of rotatable bonds is 1. The molecular weight excluding hydrogens is 260 g/mol. The van der Waals surface area contributed by atoms with Crippen molar-refractivity contribution in [3.8, 4) is 11.1 Å². The van der Waals surface area contributed by atoms with Gasteiger partial charge < -0.3 is 4.98 Å². The topological polar surface area (TPSA) is 100 Å². The molecule has 4 aromatic heterocycles. The number of aromatic amines is 2. The number of H-pyrrole nitrogens is 2. The molecule has 8 heteroatoms. The Morgan fingerprint density at radius 3 is 3.05 bits per heavy atom. The van der Waals surface area contributed by atoms with Gasteiger partial charge in [-0.25, -0.2) is 9.73 Å². The van der Waals surface area contributed by atoms with Crippen LogP contribution in [0, 0.1) is 6.07 Å². The first-order chi connectivity index (χ1) is 9.74. The van der Waals surface area contributed by atoms with Gasteiger partial charge in [0.15, 0.2) is 5.43 Å². The number of aromatic nitrogens is 6. The predicted molar refractivity (Wildman–Crippen MR) is 69.5 cm³/mol. The Hall–Kier alpha value is -3.16. The first-order valence-electron chi connectivity index (χ1n) is 5.77. The molecule has 8 nitrogen and oxygen atoms in total. The Balaban J connectivity index is 2.13. The summed E-state index contributed by atoms with van der Waals surface area (Å²) in [5.41, 5.74) is 1.53. The van der Waals surface area contributed by atoms with E-state index in [1.807, 2.05) is 0 Å². The Bertz CT molecular complexity index is 1050. The molecule has 0 bridgehead atoms. The van der Waals surface area contributed by atoms with Crippen molar-refractivity contribution in [2.75, 3.05) is 0 Å². The quantitative estimate of drug-likeness (QED) is 0.500. The van der Waals surface area contributed by atoms with Gasteiger partial charge in [-0.15, -0.1) is 0 Å².